The van der Waals surface area contributed by atoms with Gasteiger partial charge < -0.3 is 14.4 Å². The zero-order chi connectivity index (χ0) is 22.6. The molecule has 1 saturated heterocycles. The summed E-state index contributed by atoms with van der Waals surface area (Å²) in [5, 5.41) is 0. The molecule has 8 heteroatoms. The second-order valence-electron chi connectivity index (χ2n) is 7.47. The van der Waals surface area contributed by atoms with Crippen molar-refractivity contribution in [1.82, 2.24) is 9.21 Å². The van der Waals surface area contributed by atoms with Crippen LogP contribution in [-0.2, 0) is 10.0 Å². The molecule has 3 rings (SSSR count). The van der Waals surface area contributed by atoms with E-state index in [-0.39, 0.29) is 19.0 Å². The quantitative estimate of drug-likeness (QED) is 0.653. The van der Waals surface area contributed by atoms with E-state index in [1.807, 2.05) is 33.8 Å². The summed E-state index contributed by atoms with van der Waals surface area (Å²) < 4.78 is 38.6. The molecule has 0 unspecified atom stereocenters. The first-order chi connectivity index (χ1) is 14.8. The highest BCUT2D eigenvalue weighted by molar-refractivity contribution is 7.89. The van der Waals surface area contributed by atoms with E-state index in [1.165, 1.54) is 4.31 Å². The number of ether oxygens (including phenoxy) is 2. The standard InChI is InChI=1S/C23H30N2O5S/c1-5-29-21-10-8-19(16-22(21)30-6-2)23(26)24-11-13-25(14-12-24)31(27,28)20-9-7-17(3)18(4)15-20/h7-10,15-16H,5-6,11-14H2,1-4H3. The summed E-state index contributed by atoms with van der Waals surface area (Å²) in [6, 6.07) is 10.3. The number of carbonyl (C=O) groups is 1. The Balaban J connectivity index is 1.71. The smallest absolute Gasteiger partial charge is 0.254 e. The third-order valence-corrected chi connectivity index (χ3v) is 7.33. The molecule has 0 bridgehead atoms. The number of sulfonamides is 1. The summed E-state index contributed by atoms with van der Waals surface area (Å²) in [4.78, 5) is 15.0. The van der Waals surface area contributed by atoms with Gasteiger partial charge in [0.1, 0.15) is 0 Å². The summed E-state index contributed by atoms with van der Waals surface area (Å²) in [5.41, 5.74) is 2.49. The van der Waals surface area contributed by atoms with Crippen LogP contribution in [0.5, 0.6) is 11.5 Å². The molecule has 1 fully saturated rings. The van der Waals surface area contributed by atoms with Gasteiger partial charge in [-0.3, -0.25) is 4.79 Å². The van der Waals surface area contributed by atoms with Gasteiger partial charge >= 0.3 is 0 Å². The van der Waals surface area contributed by atoms with E-state index >= 15 is 0 Å². The van der Waals surface area contributed by atoms with Crippen LogP contribution in [-0.4, -0.2) is 62.9 Å². The molecule has 1 heterocycles. The Hall–Kier alpha value is -2.58. The molecular weight excluding hydrogens is 416 g/mol. The largest absolute Gasteiger partial charge is 0.490 e. The van der Waals surface area contributed by atoms with Crippen LogP contribution in [0.1, 0.15) is 35.3 Å². The van der Waals surface area contributed by atoms with Crippen LogP contribution in [0.25, 0.3) is 0 Å². The zero-order valence-electron chi connectivity index (χ0n) is 18.6. The van der Waals surface area contributed by atoms with E-state index in [1.54, 1.807) is 35.2 Å². The van der Waals surface area contributed by atoms with Crippen LogP contribution in [0.3, 0.4) is 0 Å². The summed E-state index contributed by atoms with van der Waals surface area (Å²) in [6.45, 7) is 9.77. The van der Waals surface area contributed by atoms with Crippen molar-refractivity contribution in [1.29, 1.82) is 0 Å². The maximum absolute atomic E-state index is 13.0. The van der Waals surface area contributed by atoms with Crippen molar-refractivity contribution < 1.29 is 22.7 Å². The number of aryl methyl sites for hydroxylation is 2. The summed E-state index contributed by atoms with van der Waals surface area (Å²) in [7, 11) is -3.58. The molecule has 0 radical (unpaired) electrons. The van der Waals surface area contributed by atoms with Gasteiger partial charge in [0.2, 0.25) is 10.0 Å². The summed E-state index contributed by atoms with van der Waals surface area (Å²) >= 11 is 0. The van der Waals surface area contributed by atoms with E-state index in [0.29, 0.717) is 48.3 Å². The fourth-order valence-corrected chi connectivity index (χ4v) is 5.03. The minimum Gasteiger partial charge on any atom is -0.490 e. The van der Waals surface area contributed by atoms with Gasteiger partial charge in [0.25, 0.3) is 5.91 Å². The van der Waals surface area contributed by atoms with Crippen molar-refractivity contribution >= 4 is 15.9 Å². The monoisotopic (exact) mass is 446 g/mol. The molecule has 31 heavy (non-hydrogen) atoms. The second-order valence-corrected chi connectivity index (χ2v) is 9.41. The maximum Gasteiger partial charge on any atom is 0.254 e. The highest BCUT2D eigenvalue weighted by Crippen LogP contribution is 2.29. The second kappa shape index (κ2) is 9.70. The third-order valence-electron chi connectivity index (χ3n) is 5.43. The molecule has 0 N–H and O–H groups in total. The molecule has 1 amide bonds. The average Bonchev–Trinajstić information content (AvgIpc) is 2.76. The highest BCUT2D eigenvalue weighted by Gasteiger charge is 2.31. The van der Waals surface area contributed by atoms with Crippen molar-refractivity contribution in [2.24, 2.45) is 0 Å². The normalized spacial score (nSPS) is 15.0. The first kappa shape index (κ1) is 23.1. The van der Waals surface area contributed by atoms with E-state index in [4.69, 9.17) is 9.47 Å². The van der Waals surface area contributed by atoms with Crippen molar-refractivity contribution in [2.75, 3.05) is 39.4 Å². The lowest BCUT2D eigenvalue weighted by atomic mass is 10.1. The summed E-state index contributed by atoms with van der Waals surface area (Å²) in [5.74, 6) is 0.989. The SMILES string of the molecule is CCOc1ccc(C(=O)N2CCN(S(=O)(=O)c3ccc(C)c(C)c3)CC2)cc1OCC. The van der Waals surface area contributed by atoms with Crippen molar-refractivity contribution in [3.63, 3.8) is 0 Å². The lowest BCUT2D eigenvalue weighted by molar-refractivity contribution is 0.0697. The molecule has 0 aromatic heterocycles. The number of benzene rings is 2. The number of piperazine rings is 1. The minimum absolute atomic E-state index is 0.146. The van der Waals surface area contributed by atoms with Crippen LogP contribution >= 0.6 is 0 Å². The number of nitrogens with zero attached hydrogens (tertiary/aromatic N) is 2. The minimum atomic E-state index is -3.58. The molecule has 7 nitrogen and oxygen atoms in total. The van der Waals surface area contributed by atoms with Gasteiger partial charge in [-0.2, -0.15) is 4.31 Å². The zero-order valence-corrected chi connectivity index (χ0v) is 19.4. The maximum atomic E-state index is 13.0. The Morgan fingerprint density at radius 2 is 1.52 bits per heavy atom. The Morgan fingerprint density at radius 1 is 0.871 bits per heavy atom. The number of carbonyl (C=O) groups excluding carboxylic acids is 1. The Morgan fingerprint density at radius 3 is 2.13 bits per heavy atom. The molecule has 2 aromatic carbocycles. The Bertz CT molecular complexity index is 1040. The Labute approximate surface area is 184 Å². The van der Waals surface area contributed by atoms with E-state index in [0.717, 1.165) is 11.1 Å². The molecule has 0 atom stereocenters. The topological polar surface area (TPSA) is 76.2 Å². The first-order valence-corrected chi connectivity index (χ1v) is 12.0. The van der Waals surface area contributed by atoms with Gasteiger partial charge in [0, 0.05) is 31.7 Å². The molecule has 168 valence electrons. The lowest BCUT2D eigenvalue weighted by Crippen LogP contribution is -2.50. The van der Waals surface area contributed by atoms with Gasteiger partial charge in [-0.05, 0) is 69.2 Å². The fraction of sp³-hybridized carbons (Fsp3) is 0.435. The van der Waals surface area contributed by atoms with Gasteiger partial charge in [0.15, 0.2) is 11.5 Å². The van der Waals surface area contributed by atoms with Crippen LogP contribution in [0.15, 0.2) is 41.3 Å². The van der Waals surface area contributed by atoms with E-state index in [2.05, 4.69) is 0 Å². The highest BCUT2D eigenvalue weighted by atomic mass is 32.2. The third kappa shape index (κ3) is 5.02. The predicted octanol–water partition coefficient (Wildman–Crippen LogP) is 3.25. The molecule has 1 aliphatic heterocycles. The number of hydrogen-bond donors (Lipinski definition) is 0. The first-order valence-electron chi connectivity index (χ1n) is 10.5. The average molecular weight is 447 g/mol. The fourth-order valence-electron chi connectivity index (χ4n) is 3.52. The molecule has 2 aromatic rings. The summed E-state index contributed by atoms with van der Waals surface area (Å²) in [6.07, 6.45) is 0. The van der Waals surface area contributed by atoms with Crippen LogP contribution in [0.2, 0.25) is 0 Å². The van der Waals surface area contributed by atoms with Gasteiger partial charge in [0.05, 0.1) is 18.1 Å². The van der Waals surface area contributed by atoms with Gasteiger partial charge in [-0.25, -0.2) is 8.42 Å². The number of amides is 1. The Kier molecular flexibility index (Phi) is 7.23. The predicted molar refractivity (Wildman–Crippen MR) is 119 cm³/mol. The van der Waals surface area contributed by atoms with Crippen molar-refractivity contribution in [3.05, 3.63) is 53.1 Å². The molecule has 1 aliphatic rings. The van der Waals surface area contributed by atoms with Gasteiger partial charge in [-0.15, -0.1) is 0 Å². The van der Waals surface area contributed by atoms with E-state index in [9.17, 15) is 13.2 Å². The molecule has 0 saturated carbocycles. The molecule has 0 spiro atoms. The van der Waals surface area contributed by atoms with Crippen LogP contribution in [0, 0.1) is 13.8 Å². The van der Waals surface area contributed by atoms with Crippen molar-refractivity contribution in [2.45, 2.75) is 32.6 Å². The van der Waals surface area contributed by atoms with E-state index < -0.39 is 10.0 Å². The van der Waals surface area contributed by atoms with Crippen molar-refractivity contribution in [3.8, 4) is 11.5 Å². The molecular formula is C23H30N2O5S. The van der Waals surface area contributed by atoms with Crippen LogP contribution in [0.4, 0.5) is 0 Å². The van der Waals surface area contributed by atoms with Crippen LogP contribution < -0.4 is 9.47 Å². The van der Waals surface area contributed by atoms with Gasteiger partial charge in [-0.1, -0.05) is 6.07 Å². The number of rotatable bonds is 7. The number of hydrogen-bond acceptors (Lipinski definition) is 5. The molecule has 0 aliphatic carbocycles. The lowest BCUT2D eigenvalue weighted by Gasteiger charge is -2.34.